The number of hydrogen-bond acceptors (Lipinski definition) is 7. The van der Waals surface area contributed by atoms with E-state index in [0.29, 0.717) is 28.2 Å². The van der Waals surface area contributed by atoms with Crippen molar-refractivity contribution in [1.29, 1.82) is 0 Å². The van der Waals surface area contributed by atoms with E-state index < -0.39 is 33.5 Å². The third-order valence-corrected chi connectivity index (χ3v) is 9.37. The van der Waals surface area contributed by atoms with Gasteiger partial charge in [0.25, 0.3) is 5.91 Å². The van der Waals surface area contributed by atoms with Gasteiger partial charge in [-0.25, -0.2) is 17.8 Å². The first-order valence-corrected chi connectivity index (χ1v) is 16.8. The normalized spacial score (nSPS) is 14.4. The number of hydrogen-bond donors (Lipinski definition) is 3. The molecule has 3 N–H and O–H groups in total. The van der Waals surface area contributed by atoms with Crippen LogP contribution in [0.3, 0.4) is 0 Å². The Bertz CT molecular complexity index is 2200. The molecule has 0 saturated carbocycles. The van der Waals surface area contributed by atoms with E-state index in [2.05, 4.69) is 37.7 Å². The minimum absolute atomic E-state index is 0.0332. The number of sulfonamides is 1. The lowest BCUT2D eigenvalue weighted by Gasteiger charge is -2.33. The number of amides is 1. The van der Waals surface area contributed by atoms with E-state index in [1.807, 2.05) is 12.1 Å². The highest BCUT2D eigenvalue weighted by atomic mass is 32.2. The Labute approximate surface area is 279 Å². The van der Waals surface area contributed by atoms with E-state index in [-0.39, 0.29) is 49.5 Å². The van der Waals surface area contributed by atoms with Crippen LogP contribution in [-0.2, 0) is 22.7 Å². The van der Waals surface area contributed by atoms with Gasteiger partial charge in [0.15, 0.2) is 5.65 Å². The summed E-state index contributed by atoms with van der Waals surface area (Å²) in [6.45, 7) is 2.44. The zero-order chi connectivity index (χ0) is 34.9. The predicted molar refractivity (Wildman–Crippen MR) is 175 cm³/mol. The Balaban J connectivity index is 1.21. The Morgan fingerprint density at radius 3 is 2.51 bits per heavy atom. The average Bonchev–Trinajstić information content (AvgIpc) is 3.71. The lowest BCUT2D eigenvalue weighted by molar-refractivity contribution is -0.138. The zero-order valence-electron chi connectivity index (χ0n) is 26.3. The van der Waals surface area contributed by atoms with Gasteiger partial charge in [0, 0.05) is 56.4 Å². The van der Waals surface area contributed by atoms with Crippen LogP contribution in [0.1, 0.15) is 38.3 Å². The van der Waals surface area contributed by atoms with Gasteiger partial charge < -0.3 is 10.6 Å². The summed E-state index contributed by atoms with van der Waals surface area (Å²) in [5, 5.41) is 12.2. The van der Waals surface area contributed by atoms with E-state index >= 15 is 4.39 Å². The molecule has 0 atom stereocenters. The zero-order valence-corrected chi connectivity index (χ0v) is 27.1. The van der Waals surface area contributed by atoms with Crippen LogP contribution in [0.5, 0.6) is 0 Å². The second kappa shape index (κ2) is 13.3. The van der Waals surface area contributed by atoms with E-state index in [0.717, 1.165) is 24.1 Å². The number of benzene rings is 2. The molecule has 254 valence electrons. The lowest BCUT2D eigenvalue weighted by atomic mass is 10.0. The Morgan fingerprint density at radius 2 is 1.82 bits per heavy atom. The number of nitrogens with one attached hydrogen (secondary N) is 3. The smallest absolute Gasteiger partial charge is 0.350 e. The van der Waals surface area contributed by atoms with Crippen LogP contribution in [0, 0.1) is 24.6 Å². The molecule has 0 unspecified atom stereocenters. The van der Waals surface area contributed by atoms with Crippen LogP contribution in [0.2, 0.25) is 0 Å². The number of imidazole rings is 1. The van der Waals surface area contributed by atoms with Gasteiger partial charge >= 0.3 is 6.18 Å². The topological polar surface area (TPSA) is 128 Å². The second-order valence-corrected chi connectivity index (χ2v) is 13.5. The average molecular weight is 695 g/mol. The number of rotatable bonds is 7. The van der Waals surface area contributed by atoms with Gasteiger partial charge in [-0.2, -0.15) is 22.6 Å². The van der Waals surface area contributed by atoms with Crippen LogP contribution in [-0.4, -0.2) is 75.5 Å². The van der Waals surface area contributed by atoms with Crippen LogP contribution >= 0.6 is 0 Å². The lowest BCUT2D eigenvalue weighted by Crippen LogP contribution is -2.47. The highest BCUT2D eigenvalue weighted by molar-refractivity contribution is 7.88. The highest BCUT2D eigenvalue weighted by Crippen LogP contribution is 2.35. The summed E-state index contributed by atoms with van der Waals surface area (Å²) < 4.78 is 84.0. The van der Waals surface area contributed by atoms with E-state index in [1.54, 1.807) is 41.0 Å². The molecule has 0 radical (unpaired) electrons. The number of H-pyrrole nitrogens is 1. The molecular weight excluding hydrogens is 664 g/mol. The number of anilines is 3. The standard InChI is InChI=1S/C33H30F4N8O3S/c1-21-14-29(34)27(15-22(21)6-8-26-19-38-31-30(4-3-9-45(26)31)41-25-17-39-40-18-25)32(46)42-24-7-5-23(28(16-24)33(35,36)37)20-43-10-12-44(13-11-43)49(2,47)48/h3-5,7,9,14-19,41H,10-13,20H2,1-2H3,(H,39,40)(H,42,46). The van der Waals surface area contributed by atoms with Crippen molar-refractivity contribution in [2.75, 3.05) is 43.1 Å². The predicted octanol–water partition coefficient (Wildman–Crippen LogP) is 5.00. The number of nitrogens with zero attached hydrogens (tertiary/aromatic N) is 5. The number of aryl methyl sites for hydroxylation is 1. The molecule has 16 heteroatoms. The van der Waals surface area contributed by atoms with Gasteiger partial charge in [0.2, 0.25) is 10.0 Å². The molecule has 0 spiro atoms. The first-order chi connectivity index (χ1) is 23.3. The maximum atomic E-state index is 15.0. The van der Waals surface area contributed by atoms with Crippen LogP contribution < -0.4 is 10.6 Å². The highest BCUT2D eigenvalue weighted by Gasteiger charge is 2.35. The van der Waals surface area contributed by atoms with Crippen molar-refractivity contribution in [1.82, 2.24) is 28.8 Å². The molecule has 5 aromatic rings. The van der Waals surface area contributed by atoms with Gasteiger partial charge in [-0.05, 0) is 60.4 Å². The van der Waals surface area contributed by atoms with Crippen LogP contribution in [0.4, 0.5) is 34.6 Å². The molecule has 1 fully saturated rings. The number of piperazine rings is 1. The maximum Gasteiger partial charge on any atom is 0.416 e. The van der Waals surface area contributed by atoms with Crippen LogP contribution in [0.15, 0.2) is 67.3 Å². The Hall–Kier alpha value is -5.24. The molecule has 6 rings (SSSR count). The first kappa shape index (κ1) is 33.7. The molecule has 0 bridgehead atoms. The van der Waals surface area contributed by atoms with Crippen molar-refractivity contribution in [3.05, 3.63) is 107 Å². The van der Waals surface area contributed by atoms with Crippen molar-refractivity contribution in [2.45, 2.75) is 19.6 Å². The molecule has 0 aliphatic carbocycles. The van der Waals surface area contributed by atoms with E-state index in [9.17, 15) is 26.4 Å². The summed E-state index contributed by atoms with van der Waals surface area (Å²) in [7, 11) is -3.39. The molecule has 49 heavy (non-hydrogen) atoms. The molecule has 1 amide bonds. The summed E-state index contributed by atoms with van der Waals surface area (Å²) in [6, 6.07) is 9.46. The van der Waals surface area contributed by atoms with Crippen molar-refractivity contribution in [2.24, 2.45) is 0 Å². The number of aromatic amines is 1. The van der Waals surface area contributed by atoms with Crippen molar-refractivity contribution < 1.29 is 30.8 Å². The summed E-state index contributed by atoms with van der Waals surface area (Å²) >= 11 is 0. The third kappa shape index (κ3) is 7.59. The minimum Gasteiger partial charge on any atom is -0.350 e. The first-order valence-electron chi connectivity index (χ1n) is 15.0. The fourth-order valence-corrected chi connectivity index (χ4v) is 6.33. The summed E-state index contributed by atoms with van der Waals surface area (Å²) in [6.07, 6.45) is 3.02. The molecule has 1 saturated heterocycles. The fraction of sp³-hybridized carbons (Fsp3) is 0.242. The van der Waals surface area contributed by atoms with Gasteiger partial charge in [-0.15, -0.1) is 0 Å². The number of carbonyl (C=O) groups is 1. The quantitative estimate of drug-likeness (QED) is 0.162. The minimum atomic E-state index is -4.74. The monoisotopic (exact) mass is 694 g/mol. The number of fused-ring (bicyclic) bond motifs is 1. The number of pyridine rings is 1. The van der Waals surface area contributed by atoms with Gasteiger partial charge in [-0.1, -0.05) is 12.0 Å². The third-order valence-electron chi connectivity index (χ3n) is 8.06. The van der Waals surface area contributed by atoms with Crippen molar-refractivity contribution in [3.63, 3.8) is 0 Å². The summed E-state index contributed by atoms with van der Waals surface area (Å²) in [5.41, 5.74) is 1.84. The molecule has 4 heterocycles. The van der Waals surface area contributed by atoms with Gasteiger partial charge in [0.05, 0.1) is 41.2 Å². The summed E-state index contributed by atoms with van der Waals surface area (Å²) in [4.78, 5) is 19.4. The maximum absolute atomic E-state index is 15.0. The van der Waals surface area contributed by atoms with Crippen molar-refractivity contribution >= 4 is 38.6 Å². The second-order valence-electron chi connectivity index (χ2n) is 11.5. The number of carbonyl (C=O) groups excluding carboxylic acids is 1. The molecule has 11 nitrogen and oxygen atoms in total. The van der Waals surface area contributed by atoms with Gasteiger partial charge in [-0.3, -0.25) is 19.2 Å². The molecule has 1 aliphatic rings. The number of halogens is 4. The largest absolute Gasteiger partial charge is 0.416 e. The molecule has 1 aliphatic heterocycles. The fourth-order valence-electron chi connectivity index (χ4n) is 5.50. The SMILES string of the molecule is Cc1cc(F)c(C(=O)Nc2ccc(CN3CCN(S(C)(=O)=O)CC3)c(C(F)(F)F)c2)cc1C#Cc1cnc2c(Nc3cn[nH]c3)cccn12. The van der Waals surface area contributed by atoms with E-state index in [1.165, 1.54) is 22.5 Å². The number of aromatic nitrogens is 4. The molecule has 3 aromatic heterocycles. The van der Waals surface area contributed by atoms with Crippen molar-refractivity contribution in [3.8, 4) is 11.8 Å². The Morgan fingerprint density at radius 1 is 1.04 bits per heavy atom. The van der Waals surface area contributed by atoms with Crippen LogP contribution in [0.25, 0.3) is 5.65 Å². The number of alkyl halides is 3. The van der Waals surface area contributed by atoms with Gasteiger partial charge in [0.1, 0.15) is 11.5 Å². The molecular formula is C33H30F4N8O3S. The molecule has 2 aromatic carbocycles. The Kier molecular flexibility index (Phi) is 9.16. The van der Waals surface area contributed by atoms with E-state index in [4.69, 9.17) is 0 Å². The summed E-state index contributed by atoms with van der Waals surface area (Å²) in [5.74, 6) is 4.17.